The number of carbonyl (C=O) groups excluding carboxylic acids is 2. The number of ether oxygens (including phenoxy) is 2. The van der Waals surface area contributed by atoms with E-state index in [9.17, 15) is 9.59 Å². The molecule has 418 valence electrons. The van der Waals surface area contributed by atoms with Gasteiger partial charge in [-0.15, -0.1) is 45.3 Å². The third-order valence-corrected chi connectivity index (χ3v) is 19.6. The fraction of sp³-hybridized carbons (Fsp3) is 0.258. The first-order valence-electron chi connectivity index (χ1n) is 27.0. The van der Waals surface area contributed by atoms with Crippen LogP contribution in [-0.2, 0) is 32.0 Å². The average molecular weight is 1280 g/mol. The van der Waals surface area contributed by atoms with Gasteiger partial charge in [-0.2, -0.15) is 0 Å². The number of benzene rings is 4. The summed E-state index contributed by atoms with van der Waals surface area (Å²) in [5.41, 5.74) is 13.2. The van der Waals surface area contributed by atoms with Crippen LogP contribution in [0.1, 0.15) is 70.4 Å². The van der Waals surface area contributed by atoms with Crippen LogP contribution in [0.4, 0.5) is 32.3 Å². The van der Waals surface area contributed by atoms with Gasteiger partial charge in [-0.1, -0.05) is 72.8 Å². The van der Waals surface area contributed by atoms with Gasteiger partial charge in [-0.05, 0) is 160 Å². The van der Waals surface area contributed by atoms with Crippen LogP contribution < -0.4 is 10.6 Å². The number of amides is 2. The van der Waals surface area contributed by atoms with E-state index in [1.807, 2.05) is 136 Å². The van der Waals surface area contributed by atoms with Gasteiger partial charge < -0.3 is 39.2 Å². The van der Waals surface area contributed by atoms with Crippen molar-refractivity contribution in [3.05, 3.63) is 181 Å². The highest BCUT2D eigenvalue weighted by molar-refractivity contribution is 14.1. The van der Waals surface area contributed by atoms with Crippen molar-refractivity contribution in [2.24, 2.45) is 0 Å². The van der Waals surface area contributed by atoms with E-state index in [1.54, 1.807) is 50.2 Å². The minimum atomic E-state index is -0.431. The van der Waals surface area contributed by atoms with E-state index in [4.69, 9.17) is 18.8 Å². The van der Waals surface area contributed by atoms with E-state index in [0.717, 1.165) is 88.7 Å². The van der Waals surface area contributed by atoms with Crippen molar-refractivity contribution in [1.29, 1.82) is 0 Å². The van der Waals surface area contributed by atoms with Gasteiger partial charge in [0.15, 0.2) is 0 Å². The second kappa shape index (κ2) is 25.0. The third kappa shape index (κ3) is 12.9. The summed E-state index contributed by atoms with van der Waals surface area (Å²) in [7, 11) is -0.431. The third-order valence-electron chi connectivity index (χ3n) is 15.1. The molecule has 0 radical (unpaired) electrons. The van der Waals surface area contributed by atoms with Crippen LogP contribution in [0.25, 0.3) is 46.4 Å². The Hall–Kier alpha value is -6.79. The number of nitrogens with zero attached hydrogens (tertiary/aromatic N) is 6. The molecule has 6 aromatic heterocycles. The lowest BCUT2D eigenvalue weighted by atomic mass is 9.72. The number of carbonyl (C=O) groups is 2. The smallest absolute Gasteiger partial charge is 0.445 e. The Labute approximate surface area is 506 Å². The van der Waals surface area contributed by atoms with Crippen molar-refractivity contribution in [3.63, 3.8) is 0 Å². The Balaban J connectivity index is 0.000000135. The summed E-state index contributed by atoms with van der Waals surface area (Å²) >= 11 is 8.99. The summed E-state index contributed by atoms with van der Waals surface area (Å²) in [6.07, 6.45) is 9.02. The molecule has 0 spiro atoms. The molecule has 0 saturated carbocycles. The molecular formula is C62H60BIN8O6S4. The zero-order chi connectivity index (χ0) is 57.0. The molecule has 9 heterocycles. The van der Waals surface area contributed by atoms with Crippen LogP contribution in [0.2, 0.25) is 0 Å². The predicted molar refractivity (Wildman–Crippen MR) is 345 cm³/mol. The van der Waals surface area contributed by atoms with Crippen LogP contribution in [-0.4, -0.2) is 85.4 Å². The molecular weight excluding hydrogens is 1220 g/mol. The zero-order valence-corrected chi connectivity index (χ0v) is 51.6. The second-order valence-electron chi connectivity index (χ2n) is 21.0. The average Bonchev–Trinajstić information content (AvgIpc) is 4.39. The fourth-order valence-electron chi connectivity index (χ4n) is 9.88. The number of fused-ring (bicyclic) bond motifs is 4. The van der Waals surface area contributed by atoms with Crippen LogP contribution >= 0.6 is 67.9 Å². The van der Waals surface area contributed by atoms with E-state index in [-0.39, 0.29) is 37.5 Å². The van der Waals surface area contributed by atoms with Crippen molar-refractivity contribution < 1.29 is 28.4 Å². The van der Waals surface area contributed by atoms with Crippen molar-refractivity contribution >= 4 is 156 Å². The van der Waals surface area contributed by atoms with Gasteiger partial charge in [0.05, 0.1) is 69.0 Å². The van der Waals surface area contributed by atoms with E-state index < -0.39 is 18.3 Å². The topological polar surface area (TPSA) is 153 Å². The van der Waals surface area contributed by atoms with Crippen LogP contribution in [0, 0.1) is 2.88 Å². The number of thiophene rings is 2. The number of rotatable bonds is 10. The van der Waals surface area contributed by atoms with E-state index in [0.29, 0.717) is 13.1 Å². The molecule has 0 aliphatic carbocycles. The number of hydrogen-bond donors (Lipinski definition) is 2. The molecule has 1 fully saturated rings. The van der Waals surface area contributed by atoms with Crippen LogP contribution in [0.3, 0.4) is 0 Å². The minimum Gasteiger partial charge on any atom is -0.445 e. The van der Waals surface area contributed by atoms with Crippen molar-refractivity contribution in [2.45, 2.75) is 90.9 Å². The summed E-state index contributed by atoms with van der Waals surface area (Å²) in [6.45, 7) is 14.0. The fourth-order valence-corrected chi connectivity index (χ4v) is 14.0. The molecule has 1 saturated heterocycles. The summed E-state index contributed by atoms with van der Waals surface area (Å²) in [5.74, 6) is 0. The first-order chi connectivity index (χ1) is 39.7. The largest absolute Gasteiger partial charge is 0.492 e. The Morgan fingerprint density at radius 1 is 0.634 bits per heavy atom. The number of thiazole rings is 2. The normalized spacial score (nSPS) is 17.4. The zero-order valence-electron chi connectivity index (χ0n) is 46.1. The maximum Gasteiger partial charge on any atom is 0.492 e. The van der Waals surface area contributed by atoms with Crippen molar-refractivity contribution in [2.75, 3.05) is 23.7 Å². The summed E-state index contributed by atoms with van der Waals surface area (Å²) < 4.78 is 27.1. The standard InChI is InChI=1S/C28H24N4O2S2.C20H28BNO4.C14H8IN3S2/c1-18-21(8-5-13-32(18)28(33)34-16-19-6-3-2-4-7-19)26-15-22-23(11-12-29-27(22)36-26)31-20-9-10-25-24(14-20)30-17-35-25;1-15-17(21-25-19(2,3)20(4,5)26-21)12-9-13-22(15)18(23)24-14-16-10-7-6-8-11-16;15-13-6-9-10(3-4-16-14(9)20-13)18-8-1-2-12-11(5-8)17-7-19-12/h2-4,6-12,14-15,17-18H,5,13,16H2,1H3,(H,29,31);6-8,10-12,15H,9,13-14H2,1-5H3;1-7H,(H,16,18). The maximum atomic E-state index is 12.9. The van der Waals surface area contributed by atoms with Crippen molar-refractivity contribution in [3.8, 4) is 0 Å². The number of pyridine rings is 2. The van der Waals surface area contributed by atoms with Gasteiger partial charge in [0.2, 0.25) is 0 Å². The molecule has 2 unspecified atom stereocenters. The first-order valence-corrected chi connectivity index (χ1v) is 31.5. The first kappa shape index (κ1) is 57.0. The number of anilines is 4. The molecule has 3 aliphatic rings. The molecule has 20 heteroatoms. The van der Waals surface area contributed by atoms with Gasteiger partial charge in [0.25, 0.3) is 0 Å². The summed E-state index contributed by atoms with van der Waals surface area (Å²) in [4.78, 5) is 50.0. The molecule has 14 nitrogen and oxygen atoms in total. The highest BCUT2D eigenvalue weighted by Crippen LogP contribution is 2.42. The Kier molecular flexibility index (Phi) is 17.4. The van der Waals surface area contributed by atoms with Gasteiger partial charge in [0, 0.05) is 52.5 Å². The summed E-state index contributed by atoms with van der Waals surface area (Å²) in [6, 6.07) is 40.1. The predicted octanol–water partition coefficient (Wildman–Crippen LogP) is 16.7. The highest BCUT2D eigenvalue weighted by Gasteiger charge is 2.54. The van der Waals surface area contributed by atoms with Gasteiger partial charge in [0.1, 0.15) is 22.9 Å². The number of hydrogen-bond acceptors (Lipinski definition) is 16. The molecule has 82 heavy (non-hydrogen) atoms. The highest BCUT2D eigenvalue weighted by atomic mass is 127. The number of aromatic nitrogens is 4. The molecule has 4 aromatic carbocycles. The van der Waals surface area contributed by atoms with Gasteiger partial charge >= 0.3 is 19.3 Å². The lowest BCUT2D eigenvalue weighted by Crippen LogP contribution is -2.46. The maximum absolute atomic E-state index is 12.9. The SMILES string of the molecule is CC1C(B2OC(C)(C)C(C)(C)O2)=CCCN1C(=O)OCc1ccccc1.CC1C(c2cc3c(Nc4ccc5scnc5c4)ccnc3s2)=CCCN1C(=O)OCc1ccccc1.Ic1cc2c(Nc3ccc4scnc4c3)ccnc2s1. The summed E-state index contributed by atoms with van der Waals surface area (Å²) in [5, 5.41) is 9.24. The lowest BCUT2D eigenvalue weighted by molar-refractivity contribution is 0.00578. The number of halogens is 1. The Morgan fingerprint density at radius 3 is 1.68 bits per heavy atom. The number of nitrogens with one attached hydrogen (secondary N) is 2. The lowest BCUT2D eigenvalue weighted by Gasteiger charge is -2.34. The quantitative estimate of drug-likeness (QED) is 0.0990. The van der Waals surface area contributed by atoms with Crippen LogP contribution in [0.5, 0.6) is 0 Å². The minimum absolute atomic E-state index is 0.0847. The Bertz CT molecular complexity index is 3940. The van der Waals surface area contributed by atoms with E-state index in [2.05, 4.69) is 121 Å². The molecule has 2 atom stereocenters. The second-order valence-corrected chi connectivity index (χ2v) is 26.7. The molecule has 10 aromatic rings. The van der Waals surface area contributed by atoms with Gasteiger partial charge in [-0.3, -0.25) is 0 Å². The monoisotopic (exact) mass is 1280 g/mol. The van der Waals surface area contributed by atoms with Crippen molar-refractivity contribution in [1.82, 2.24) is 29.7 Å². The molecule has 2 N–H and O–H groups in total. The van der Waals surface area contributed by atoms with Gasteiger partial charge in [-0.25, -0.2) is 29.5 Å². The molecule has 2 amide bonds. The Morgan fingerprint density at radius 2 is 1.13 bits per heavy atom. The molecule has 3 aliphatic heterocycles. The van der Waals surface area contributed by atoms with E-state index in [1.165, 1.54) is 17.7 Å². The molecule has 0 bridgehead atoms. The molecule has 13 rings (SSSR count). The van der Waals surface area contributed by atoms with Crippen LogP contribution in [0.15, 0.2) is 162 Å². The van der Waals surface area contributed by atoms with E-state index >= 15 is 0 Å².